The van der Waals surface area contributed by atoms with Crippen molar-refractivity contribution in [3.63, 3.8) is 0 Å². The predicted molar refractivity (Wildman–Crippen MR) is 116 cm³/mol. The third kappa shape index (κ3) is 3.06. The van der Waals surface area contributed by atoms with Crippen LogP contribution in [-0.4, -0.2) is 27.9 Å². The van der Waals surface area contributed by atoms with E-state index in [-0.39, 0.29) is 5.91 Å². The number of hydrogen-bond acceptors (Lipinski definition) is 7. The van der Waals surface area contributed by atoms with E-state index in [1.807, 2.05) is 24.3 Å². The fourth-order valence-electron chi connectivity index (χ4n) is 3.96. The van der Waals surface area contributed by atoms with Crippen LogP contribution in [0.2, 0.25) is 0 Å². The second kappa shape index (κ2) is 7.06. The van der Waals surface area contributed by atoms with Crippen molar-refractivity contribution < 1.29 is 9.21 Å². The fourth-order valence-corrected chi connectivity index (χ4v) is 3.96. The van der Waals surface area contributed by atoms with Crippen LogP contribution < -0.4 is 11.1 Å². The Bertz CT molecular complexity index is 1380. The van der Waals surface area contributed by atoms with Crippen LogP contribution in [0.3, 0.4) is 0 Å². The molecule has 1 aromatic carbocycles. The molecule has 0 spiro atoms. The standard InChI is InChI=1S/C23H20N6O2/c1-26-20-15-11-27-19(23(6-7-23)22(25)30)10-14(15)16(12-28-20)21-29-17-9-13(3-2-8-24)4-5-18(17)31-21/h4-5,9-12H,2-3,6-7H2,1H3,(H2,25,30)(H,26,28). The zero-order valence-electron chi connectivity index (χ0n) is 17.0. The van der Waals surface area contributed by atoms with Crippen LogP contribution >= 0.6 is 0 Å². The first-order valence-electron chi connectivity index (χ1n) is 10.1. The van der Waals surface area contributed by atoms with E-state index in [1.54, 1.807) is 19.4 Å². The number of nitrogens with one attached hydrogen (secondary N) is 1. The lowest BCUT2D eigenvalue weighted by molar-refractivity contribution is -0.120. The maximum Gasteiger partial charge on any atom is 0.229 e. The van der Waals surface area contributed by atoms with Crippen LogP contribution in [0.1, 0.15) is 30.5 Å². The maximum absolute atomic E-state index is 12.0. The first kappa shape index (κ1) is 19.0. The van der Waals surface area contributed by atoms with Gasteiger partial charge in [-0.25, -0.2) is 9.97 Å². The Kier molecular flexibility index (Phi) is 4.33. The Morgan fingerprint density at radius 1 is 1.26 bits per heavy atom. The Balaban J connectivity index is 1.67. The van der Waals surface area contributed by atoms with Crippen molar-refractivity contribution in [1.82, 2.24) is 15.0 Å². The SMILES string of the molecule is CNc1ncc(-c2nc3cc(CCC#N)ccc3o2)c2cc(C3(C(N)=O)CC3)ncc12. The first-order valence-corrected chi connectivity index (χ1v) is 10.1. The smallest absolute Gasteiger partial charge is 0.229 e. The van der Waals surface area contributed by atoms with Crippen molar-refractivity contribution in [3.05, 3.63) is 47.9 Å². The highest BCUT2D eigenvalue weighted by atomic mass is 16.3. The quantitative estimate of drug-likeness (QED) is 0.496. The van der Waals surface area contributed by atoms with E-state index >= 15 is 0 Å². The van der Waals surface area contributed by atoms with Crippen molar-refractivity contribution >= 4 is 33.6 Å². The zero-order valence-corrected chi connectivity index (χ0v) is 17.0. The monoisotopic (exact) mass is 412 g/mol. The summed E-state index contributed by atoms with van der Waals surface area (Å²) >= 11 is 0. The number of carbonyl (C=O) groups excluding carboxylic acids is 1. The summed E-state index contributed by atoms with van der Waals surface area (Å²) in [5, 5.41) is 13.6. The topological polar surface area (TPSA) is 131 Å². The van der Waals surface area contributed by atoms with Gasteiger partial charge in [0.2, 0.25) is 11.8 Å². The van der Waals surface area contributed by atoms with Crippen molar-refractivity contribution in [2.45, 2.75) is 31.1 Å². The molecule has 3 heterocycles. The molecule has 3 aromatic heterocycles. The summed E-state index contributed by atoms with van der Waals surface area (Å²) in [6.45, 7) is 0. The molecule has 0 bridgehead atoms. The van der Waals surface area contributed by atoms with E-state index in [1.165, 1.54) is 0 Å². The lowest BCUT2D eigenvalue weighted by Crippen LogP contribution is -2.29. The molecule has 154 valence electrons. The second-order valence-corrected chi connectivity index (χ2v) is 7.81. The van der Waals surface area contributed by atoms with Gasteiger partial charge in [0, 0.05) is 36.6 Å². The fraction of sp³-hybridized carbons (Fsp3) is 0.261. The number of amides is 1. The highest BCUT2D eigenvalue weighted by Gasteiger charge is 2.51. The summed E-state index contributed by atoms with van der Waals surface area (Å²) in [4.78, 5) is 25.7. The van der Waals surface area contributed by atoms with Gasteiger partial charge in [-0.1, -0.05) is 6.07 Å². The number of hydrogen-bond donors (Lipinski definition) is 2. The maximum atomic E-state index is 12.0. The van der Waals surface area contributed by atoms with Crippen molar-refractivity contribution in [2.75, 3.05) is 12.4 Å². The van der Waals surface area contributed by atoms with E-state index in [0.29, 0.717) is 54.2 Å². The number of pyridine rings is 2. The number of nitrogens with zero attached hydrogens (tertiary/aromatic N) is 4. The number of fused-ring (bicyclic) bond motifs is 2. The average Bonchev–Trinajstić information content (AvgIpc) is 3.50. The Hall–Kier alpha value is -3.99. The summed E-state index contributed by atoms with van der Waals surface area (Å²) in [5.74, 6) is 0.765. The lowest BCUT2D eigenvalue weighted by Gasteiger charge is -2.13. The minimum Gasteiger partial charge on any atom is -0.436 e. The summed E-state index contributed by atoms with van der Waals surface area (Å²) in [5.41, 5.74) is 8.77. The third-order valence-electron chi connectivity index (χ3n) is 5.93. The molecule has 8 nitrogen and oxygen atoms in total. The van der Waals surface area contributed by atoms with E-state index in [9.17, 15) is 4.79 Å². The van der Waals surface area contributed by atoms with E-state index in [2.05, 4.69) is 26.3 Å². The molecule has 1 aliphatic rings. The predicted octanol–water partition coefficient (Wildman–Crippen LogP) is 3.45. The van der Waals surface area contributed by atoms with E-state index in [4.69, 9.17) is 15.4 Å². The Labute approximate surface area is 178 Å². The average molecular weight is 412 g/mol. The molecule has 1 amide bonds. The molecule has 0 atom stereocenters. The molecule has 3 N–H and O–H groups in total. The number of aryl methyl sites for hydroxylation is 1. The van der Waals surface area contributed by atoms with Gasteiger partial charge in [-0.05, 0) is 43.0 Å². The number of benzene rings is 1. The van der Waals surface area contributed by atoms with Gasteiger partial charge in [-0.15, -0.1) is 0 Å². The summed E-state index contributed by atoms with van der Waals surface area (Å²) in [6, 6.07) is 9.82. The normalized spacial score (nSPS) is 14.5. The van der Waals surface area contributed by atoms with Crippen LogP contribution in [0.4, 0.5) is 5.82 Å². The molecule has 1 saturated carbocycles. The number of rotatable bonds is 6. The number of oxazole rings is 1. The number of anilines is 1. The molecule has 0 radical (unpaired) electrons. The van der Waals surface area contributed by atoms with Gasteiger partial charge >= 0.3 is 0 Å². The van der Waals surface area contributed by atoms with Gasteiger partial charge in [0.1, 0.15) is 11.3 Å². The highest BCUT2D eigenvalue weighted by Crippen LogP contribution is 2.48. The second-order valence-electron chi connectivity index (χ2n) is 7.81. The van der Waals surface area contributed by atoms with Crippen LogP contribution in [0.25, 0.3) is 33.3 Å². The van der Waals surface area contributed by atoms with E-state index < -0.39 is 5.41 Å². The molecule has 1 fully saturated rings. The summed E-state index contributed by atoms with van der Waals surface area (Å²) in [6.07, 6.45) is 5.96. The van der Waals surface area contributed by atoms with Crippen molar-refractivity contribution in [3.8, 4) is 17.5 Å². The molecule has 0 unspecified atom stereocenters. The van der Waals surface area contributed by atoms with E-state index in [0.717, 1.165) is 21.9 Å². The summed E-state index contributed by atoms with van der Waals surface area (Å²) in [7, 11) is 1.79. The minimum absolute atomic E-state index is 0.351. The van der Waals surface area contributed by atoms with Crippen LogP contribution in [0.15, 0.2) is 41.1 Å². The number of carbonyl (C=O) groups is 1. The highest BCUT2D eigenvalue weighted by molar-refractivity contribution is 6.01. The van der Waals surface area contributed by atoms with Crippen LogP contribution in [0, 0.1) is 11.3 Å². The molecule has 5 rings (SSSR count). The van der Waals surface area contributed by atoms with Gasteiger partial charge < -0.3 is 15.5 Å². The number of aromatic nitrogens is 3. The number of nitrogens with two attached hydrogens (primary N) is 1. The van der Waals surface area contributed by atoms with Gasteiger partial charge in [0.15, 0.2) is 5.58 Å². The Morgan fingerprint density at radius 3 is 2.81 bits per heavy atom. The lowest BCUT2D eigenvalue weighted by atomic mass is 9.98. The van der Waals surface area contributed by atoms with Gasteiger partial charge in [0.05, 0.1) is 22.7 Å². The molecule has 4 aromatic rings. The van der Waals surface area contributed by atoms with Gasteiger partial charge in [-0.2, -0.15) is 5.26 Å². The molecule has 0 saturated heterocycles. The van der Waals surface area contributed by atoms with Gasteiger partial charge in [0.25, 0.3) is 0 Å². The number of nitriles is 1. The minimum atomic E-state index is -0.689. The molecule has 1 aliphatic carbocycles. The Morgan fingerprint density at radius 2 is 2.10 bits per heavy atom. The molecule has 0 aliphatic heterocycles. The summed E-state index contributed by atoms with van der Waals surface area (Å²) < 4.78 is 6.04. The molecule has 8 heteroatoms. The van der Waals surface area contributed by atoms with Crippen LogP contribution in [-0.2, 0) is 16.6 Å². The van der Waals surface area contributed by atoms with Gasteiger partial charge in [-0.3, -0.25) is 9.78 Å². The van der Waals surface area contributed by atoms with Crippen LogP contribution in [0.5, 0.6) is 0 Å². The van der Waals surface area contributed by atoms with Crippen molar-refractivity contribution in [1.29, 1.82) is 5.26 Å². The molecular weight excluding hydrogens is 392 g/mol. The van der Waals surface area contributed by atoms with Crippen molar-refractivity contribution in [2.24, 2.45) is 5.73 Å². The zero-order chi connectivity index (χ0) is 21.6. The third-order valence-corrected chi connectivity index (χ3v) is 5.93. The first-order chi connectivity index (χ1) is 15.1. The largest absolute Gasteiger partial charge is 0.436 e. The molecular formula is C23H20N6O2. The number of primary amides is 1. The molecule has 31 heavy (non-hydrogen) atoms.